The molecule has 6 heteroatoms. The minimum atomic E-state index is -0.736. The summed E-state index contributed by atoms with van der Waals surface area (Å²) >= 11 is 0. The molecule has 0 aromatic rings. The molecule has 0 aromatic carbocycles. The fraction of sp³-hybridized carbons (Fsp3) is 0.938. The second-order valence-corrected chi connectivity index (χ2v) is 7.32. The summed E-state index contributed by atoms with van der Waals surface area (Å²) in [6, 6.07) is 0.709. The molecule has 2 rings (SSSR count). The first-order valence-electron chi connectivity index (χ1n) is 8.20. The molecule has 2 aliphatic heterocycles. The van der Waals surface area contributed by atoms with Gasteiger partial charge in [-0.15, -0.1) is 24.8 Å². The summed E-state index contributed by atoms with van der Waals surface area (Å²) in [5, 5.41) is 0. The third-order valence-electron chi connectivity index (χ3n) is 4.79. The van der Waals surface area contributed by atoms with Crippen molar-refractivity contribution in [3.63, 3.8) is 0 Å². The Hall–Kier alpha value is -0.0300. The molecular weight excluding hydrogens is 321 g/mol. The van der Waals surface area contributed by atoms with Crippen LogP contribution in [0.2, 0.25) is 0 Å². The summed E-state index contributed by atoms with van der Waals surface area (Å²) < 4.78 is 0. The average molecular weight is 354 g/mol. The van der Waals surface area contributed by atoms with Crippen LogP contribution in [0.1, 0.15) is 52.9 Å². The highest BCUT2D eigenvalue weighted by Crippen LogP contribution is 2.23. The lowest BCUT2D eigenvalue weighted by Crippen LogP contribution is -2.55. The van der Waals surface area contributed by atoms with Crippen molar-refractivity contribution in [3.8, 4) is 0 Å². The van der Waals surface area contributed by atoms with Crippen molar-refractivity contribution in [2.24, 2.45) is 11.7 Å². The van der Waals surface area contributed by atoms with Crippen LogP contribution in [0, 0.1) is 5.92 Å². The summed E-state index contributed by atoms with van der Waals surface area (Å²) in [7, 11) is 0. The van der Waals surface area contributed by atoms with E-state index in [4.69, 9.17) is 5.73 Å². The van der Waals surface area contributed by atoms with Crippen molar-refractivity contribution < 1.29 is 4.79 Å². The number of nitrogens with two attached hydrogens (primary N) is 1. The van der Waals surface area contributed by atoms with Gasteiger partial charge in [-0.2, -0.15) is 0 Å². The van der Waals surface area contributed by atoms with E-state index in [0.717, 1.165) is 26.1 Å². The Morgan fingerprint density at radius 3 is 2.41 bits per heavy atom. The number of carbonyl (C=O) groups excluding carboxylic acids is 1. The molecule has 2 N–H and O–H groups in total. The van der Waals surface area contributed by atoms with Crippen LogP contribution in [0.4, 0.5) is 0 Å². The van der Waals surface area contributed by atoms with E-state index >= 15 is 0 Å². The second-order valence-electron chi connectivity index (χ2n) is 7.32. The number of hydrogen-bond donors (Lipinski definition) is 1. The third-order valence-corrected chi connectivity index (χ3v) is 4.79. The van der Waals surface area contributed by atoms with Crippen LogP contribution < -0.4 is 5.73 Å². The maximum absolute atomic E-state index is 12.3. The first kappa shape index (κ1) is 22.0. The minimum absolute atomic E-state index is 0. The van der Waals surface area contributed by atoms with Crippen molar-refractivity contribution in [1.29, 1.82) is 0 Å². The van der Waals surface area contributed by atoms with Gasteiger partial charge in [0.1, 0.15) is 0 Å². The molecule has 1 amide bonds. The van der Waals surface area contributed by atoms with Crippen molar-refractivity contribution in [2.75, 3.05) is 26.2 Å². The van der Waals surface area contributed by atoms with E-state index < -0.39 is 5.54 Å². The van der Waals surface area contributed by atoms with E-state index in [9.17, 15) is 4.79 Å². The van der Waals surface area contributed by atoms with E-state index in [0.29, 0.717) is 12.0 Å². The molecule has 0 aromatic heterocycles. The summed E-state index contributed by atoms with van der Waals surface area (Å²) in [5.74, 6) is 0.726. The topological polar surface area (TPSA) is 49.6 Å². The summed E-state index contributed by atoms with van der Waals surface area (Å²) in [5.41, 5.74) is 5.22. The van der Waals surface area contributed by atoms with E-state index in [1.54, 1.807) is 0 Å². The Kier molecular flexibility index (Phi) is 9.30. The van der Waals surface area contributed by atoms with Crippen LogP contribution in [0.15, 0.2) is 0 Å². The lowest BCUT2D eigenvalue weighted by Gasteiger charge is -2.40. The van der Waals surface area contributed by atoms with Crippen molar-refractivity contribution in [2.45, 2.75) is 64.5 Å². The number of halogens is 2. The largest absolute Gasteiger partial charge is 0.341 e. The van der Waals surface area contributed by atoms with Crippen LogP contribution in [0.25, 0.3) is 0 Å². The molecule has 0 radical (unpaired) electrons. The molecule has 0 spiro atoms. The van der Waals surface area contributed by atoms with Gasteiger partial charge < -0.3 is 15.5 Å². The van der Waals surface area contributed by atoms with Gasteiger partial charge in [0.15, 0.2) is 0 Å². The monoisotopic (exact) mass is 353 g/mol. The van der Waals surface area contributed by atoms with Crippen molar-refractivity contribution in [1.82, 2.24) is 9.80 Å². The molecule has 2 aliphatic rings. The molecule has 2 saturated heterocycles. The third kappa shape index (κ3) is 5.88. The highest BCUT2D eigenvalue weighted by Gasteiger charge is 2.32. The lowest BCUT2D eigenvalue weighted by atomic mass is 9.93. The van der Waals surface area contributed by atoms with Crippen LogP contribution in [0.3, 0.4) is 0 Å². The smallest absolute Gasteiger partial charge is 0.242 e. The van der Waals surface area contributed by atoms with Crippen LogP contribution in [-0.4, -0.2) is 53.5 Å². The molecule has 2 unspecified atom stereocenters. The van der Waals surface area contributed by atoms with E-state index in [-0.39, 0.29) is 30.7 Å². The summed E-state index contributed by atoms with van der Waals surface area (Å²) in [6.45, 7) is 10.1. The predicted molar refractivity (Wildman–Crippen MR) is 97.0 cm³/mol. The average Bonchev–Trinajstić information content (AvgIpc) is 2.40. The maximum atomic E-state index is 12.3. The minimum Gasteiger partial charge on any atom is -0.341 e. The molecule has 0 aliphatic carbocycles. The normalized spacial score (nSPS) is 26.8. The predicted octanol–water partition coefficient (Wildman–Crippen LogP) is 2.68. The van der Waals surface area contributed by atoms with Gasteiger partial charge in [0.05, 0.1) is 5.54 Å². The molecular formula is C16H33Cl2N3O. The number of hydrogen-bond acceptors (Lipinski definition) is 3. The van der Waals surface area contributed by atoms with Gasteiger partial charge in [-0.1, -0.05) is 6.42 Å². The fourth-order valence-corrected chi connectivity index (χ4v) is 3.57. The van der Waals surface area contributed by atoms with Crippen LogP contribution in [0.5, 0.6) is 0 Å². The van der Waals surface area contributed by atoms with Gasteiger partial charge in [-0.25, -0.2) is 0 Å². The number of carbonyl (C=O) groups is 1. The molecule has 22 heavy (non-hydrogen) atoms. The van der Waals surface area contributed by atoms with Crippen molar-refractivity contribution >= 4 is 30.7 Å². The van der Waals surface area contributed by atoms with Crippen LogP contribution in [-0.2, 0) is 4.79 Å². The zero-order valence-electron chi connectivity index (χ0n) is 14.2. The Balaban J connectivity index is 0.00000220. The van der Waals surface area contributed by atoms with Gasteiger partial charge in [0, 0.05) is 25.7 Å². The van der Waals surface area contributed by atoms with E-state index in [1.165, 1.54) is 32.2 Å². The zero-order valence-corrected chi connectivity index (χ0v) is 15.8. The highest BCUT2D eigenvalue weighted by atomic mass is 35.5. The van der Waals surface area contributed by atoms with Gasteiger partial charge in [-0.3, -0.25) is 4.79 Å². The number of amides is 1. The fourth-order valence-electron chi connectivity index (χ4n) is 3.57. The first-order chi connectivity index (χ1) is 9.38. The maximum Gasteiger partial charge on any atom is 0.242 e. The molecule has 132 valence electrons. The summed E-state index contributed by atoms with van der Waals surface area (Å²) in [6.07, 6.45) is 6.39. The summed E-state index contributed by atoms with van der Waals surface area (Å²) in [4.78, 5) is 16.9. The molecule has 2 fully saturated rings. The molecule has 2 atom stereocenters. The van der Waals surface area contributed by atoms with Gasteiger partial charge in [0.25, 0.3) is 0 Å². The van der Waals surface area contributed by atoms with E-state index in [1.807, 2.05) is 18.7 Å². The molecule has 4 nitrogen and oxygen atoms in total. The Bertz CT molecular complexity index is 347. The van der Waals surface area contributed by atoms with Crippen molar-refractivity contribution in [3.05, 3.63) is 0 Å². The van der Waals surface area contributed by atoms with Gasteiger partial charge in [-0.05, 0) is 58.9 Å². The Labute approximate surface area is 148 Å². The quantitative estimate of drug-likeness (QED) is 0.848. The first-order valence-corrected chi connectivity index (χ1v) is 8.20. The van der Waals surface area contributed by atoms with Crippen LogP contribution >= 0.6 is 24.8 Å². The number of rotatable bonds is 3. The van der Waals surface area contributed by atoms with E-state index in [2.05, 4.69) is 11.8 Å². The lowest BCUT2D eigenvalue weighted by molar-refractivity contribution is -0.137. The Morgan fingerprint density at radius 2 is 1.82 bits per heavy atom. The molecule has 0 saturated carbocycles. The molecule has 0 bridgehead atoms. The number of piperidine rings is 2. The number of nitrogens with zero attached hydrogens (tertiary/aromatic N) is 2. The molecule has 2 heterocycles. The highest BCUT2D eigenvalue weighted by molar-refractivity contribution is 5.86. The Morgan fingerprint density at radius 1 is 1.14 bits per heavy atom. The zero-order chi connectivity index (χ0) is 14.8. The number of likely N-dealkylation sites (tertiary alicyclic amines) is 2. The van der Waals surface area contributed by atoms with Gasteiger partial charge in [0.2, 0.25) is 5.91 Å². The SMILES string of the molecule is CC1CCCCN1CC1CCCN(C(=O)C(C)(C)N)C1.Cl.Cl. The van der Waals surface area contributed by atoms with Gasteiger partial charge >= 0.3 is 0 Å². The standard InChI is InChI=1S/C16H31N3O.2ClH/c1-13-7-4-5-9-18(13)11-14-8-6-10-19(12-14)15(20)16(2,3)17;;/h13-14H,4-12,17H2,1-3H3;2*1H. The second kappa shape index (κ2) is 9.31.